The summed E-state index contributed by atoms with van der Waals surface area (Å²) in [5, 5.41) is 3.96. The van der Waals surface area contributed by atoms with Crippen molar-refractivity contribution in [3.05, 3.63) is 41.6 Å². The van der Waals surface area contributed by atoms with Crippen molar-refractivity contribution >= 4 is 11.8 Å². The summed E-state index contributed by atoms with van der Waals surface area (Å²) in [5.41, 5.74) is 2.25. The Balaban J connectivity index is 1.65. The van der Waals surface area contributed by atoms with Crippen LogP contribution in [0.25, 0.3) is 11.3 Å². The van der Waals surface area contributed by atoms with Crippen molar-refractivity contribution in [3.63, 3.8) is 0 Å². The molecular weight excluding hydrogens is 370 g/mol. The molecule has 0 aliphatic carbocycles. The molecule has 3 rings (SSSR count). The summed E-state index contributed by atoms with van der Waals surface area (Å²) < 4.78 is 10.5. The van der Waals surface area contributed by atoms with E-state index in [4.69, 9.17) is 9.26 Å². The van der Waals surface area contributed by atoms with Gasteiger partial charge in [-0.25, -0.2) is 0 Å². The molecule has 0 saturated carbocycles. The lowest BCUT2D eigenvalue weighted by atomic mass is 10.1. The van der Waals surface area contributed by atoms with Gasteiger partial charge >= 0.3 is 0 Å². The third kappa shape index (κ3) is 5.67. The number of ether oxygens (including phenoxy) is 1. The van der Waals surface area contributed by atoms with Crippen molar-refractivity contribution in [2.45, 2.75) is 32.6 Å². The molecule has 2 amide bonds. The van der Waals surface area contributed by atoms with E-state index in [0.29, 0.717) is 31.9 Å². The predicted molar refractivity (Wildman–Crippen MR) is 110 cm³/mol. The quantitative estimate of drug-likeness (QED) is 0.682. The number of carbonyl (C=O) groups is 2. The summed E-state index contributed by atoms with van der Waals surface area (Å²) in [6, 6.07) is 9.49. The molecule has 1 fully saturated rings. The first-order chi connectivity index (χ1) is 14.1. The second-order valence-electron chi connectivity index (χ2n) is 7.42. The molecule has 29 heavy (non-hydrogen) atoms. The van der Waals surface area contributed by atoms with Gasteiger partial charge in [-0.15, -0.1) is 0 Å². The fraction of sp³-hybridized carbons (Fsp3) is 0.500. The lowest BCUT2D eigenvalue weighted by Gasteiger charge is -2.28. The van der Waals surface area contributed by atoms with E-state index in [2.05, 4.69) is 5.16 Å². The first-order valence-corrected chi connectivity index (χ1v) is 10.2. The number of piperidine rings is 1. The standard InChI is InChI=1S/C22H29N3O4/c1-17-6-8-18(9-7-17)20-16-19(23-29-20)22(27)25(14-15-28-2)13-10-21(26)24-11-4-3-5-12-24/h6-9,16H,3-5,10-15H2,1-2H3. The van der Waals surface area contributed by atoms with E-state index in [0.717, 1.165) is 37.1 Å². The molecule has 1 aromatic carbocycles. The Morgan fingerprint density at radius 2 is 1.86 bits per heavy atom. The van der Waals surface area contributed by atoms with Gasteiger partial charge in [0, 0.05) is 51.3 Å². The van der Waals surface area contributed by atoms with Crippen molar-refractivity contribution in [1.82, 2.24) is 15.0 Å². The van der Waals surface area contributed by atoms with Gasteiger partial charge in [-0.1, -0.05) is 35.0 Å². The minimum absolute atomic E-state index is 0.0976. The van der Waals surface area contributed by atoms with Crippen LogP contribution in [0.5, 0.6) is 0 Å². The van der Waals surface area contributed by atoms with Crippen LogP contribution in [0.15, 0.2) is 34.9 Å². The van der Waals surface area contributed by atoms with Gasteiger partial charge in [-0.2, -0.15) is 0 Å². The van der Waals surface area contributed by atoms with Gasteiger partial charge in [0.1, 0.15) is 0 Å². The van der Waals surface area contributed by atoms with E-state index < -0.39 is 0 Å². The number of rotatable bonds is 8. The van der Waals surface area contributed by atoms with Crippen LogP contribution in [-0.4, -0.2) is 66.7 Å². The first-order valence-electron chi connectivity index (χ1n) is 10.2. The Bertz CT molecular complexity index is 810. The van der Waals surface area contributed by atoms with Crippen LogP contribution in [-0.2, 0) is 9.53 Å². The van der Waals surface area contributed by atoms with E-state index in [-0.39, 0.29) is 17.5 Å². The molecule has 0 bridgehead atoms. The normalized spacial score (nSPS) is 14.1. The maximum atomic E-state index is 13.0. The molecular formula is C22H29N3O4. The average Bonchev–Trinajstić information content (AvgIpc) is 3.24. The van der Waals surface area contributed by atoms with Crippen molar-refractivity contribution < 1.29 is 18.8 Å². The van der Waals surface area contributed by atoms with Crippen LogP contribution in [0.4, 0.5) is 0 Å². The zero-order valence-corrected chi connectivity index (χ0v) is 17.2. The van der Waals surface area contributed by atoms with Crippen LogP contribution in [0, 0.1) is 6.92 Å². The van der Waals surface area contributed by atoms with E-state index in [1.165, 1.54) is 6.42 Å². The maximum absolute atomic E-state index is 13.0. The number of aryl methyl sites for hydroxylation is 1. The van der Waals surface area contributed by atoms with Gasteiger partial charge in [0.2, 0.25) is 5.91 Å². The molecule has 0 atom stereocenters. The number of aromatic nitrogens is 1. The molecule has 0 radical (unpaired) electrons. The summed E-state index contributed by atoms with van der Waals surface area (Å²) in [7, 11) is 1.59. The molecule has 156 valence electrons. The number of likely N-dealkylation sites (tertiary alicyclic amines) is 1. The number of amides is 2. The van der Waals surface area contributed by atoms with Crippen LogP contribution in [0.2, 0.25) is 0 Å². The largest absolute Gasteiger partial charge is 0.383 e. The van der Waals surface area contributed by atoms with Gasteiger partial charge in [-0.3, -0.25) is 9.59 Å². The highest BCUT2D eigenvalue weighted by Crippen LogP contribution is 2.21. The molecule has 1 aliphatic rings. The summed E-state index contributed by atoms with van der Waals surface area (Å²) in [6.45, 7) is 4.77. The number of hydrogen-bond donors (Lipinski definition) is 0. The van der Waals surface area contributed by atoms with E-state index in [1.54, 1.807) is 18.1 Å². The Morgan fingerprint density at radius 3 is 2.55 bits per heavy atom. The highest BCUT2D eigenvalue weighted by Gasteiger charge is 2.23. The lowest BCUT2D eigenvalue weighted by molar-refractivity contribution is -0.132. The maximum Gasteiger partial charge on any atom is 0.276 e. The Morgan fingerprint density at radius 1 is 1.14 bits per heavy atom. The number of carbonyl (C=O) groups excluding carboxylic acids is 2. The Labute approximate surface area is 171 Å². The summed E-state index contributed by atoms with van der Waals surface area (Å²) >= 11 is 0. The van der Waals surface area contributed by atoms with Crippen molar-refractivity contribution in [2.75, 3.05) is 39.9 Å². The molecule has 7 heteroatoms. The topological polar surface area (TPSA) is 75.9 Å². The fourth-order valence-corrected chi connectivity index (χ4v) is 3.44. The van der Waals surface area contributed by atoms with Gasteiger partial charge < -0.3 is 19.1 Å². The summed E-state index contributed by atoms with van der Waals surface area (Å²) in [5.74, 6) is 0.389. The van der Waals surface area contributed by atoms with E-state index in [1.807, 2.05) is 36.1 Å². The molecule has 1 aromatic heterocycles. The molecule has 0 N–H and O–H groups in total. The molecule has 0 spiro atoms. The first kappa shape index (κ1) is 21.0. The van der Waals surface area contributed by atoms with Crippen LogP contribution >= 0.6 is 0 Å². The molecule has 1 aliphatic heterocycles. The van der Waals surface area contributed by atoms with Crippen LogP contribution in [0.3, 0.4) is 0 Å². The highest BCUT2D eigenvalue weighted by molar-refractivity contribution is 5.93. The van der Waals surface area contributed by atoms with Gasteiger partial charge in [0.05, 0.1) is 6.61 Å². The number of benzene rings is 1. The molecule has 2 heterocycles. The molecule has 1 saturated heterocycles. The van der Waals surface area contributed by atoms with Gasteiger partial charge in [-0.05, 0) is 26.2 Å². The third-order valence-electron chi connectivity index (χ3n) is 5.22. The molecule has 7 nitrogen and oxygen atoms in total. The minimum Gasteiger partial charge on any atom is -0.383 e. The zero-order chi connectivity index (χ0) is 20.6. The predicted octanol–water partition coefficient (Wildman–Crippen LogP) is 3.14. The average molecular weight is 399 g/mol. The second-order valence-corrected chi connectivity index (χ2v) is 7.42. The second kappa shape index (κ2) is 10.2. The molecule has 0 unspecified atom stereocenters. The highest BCUT2D eigenvalue weighted by atomic mass is 16.5. The van der Waals surface area contributed by atoms with Crippen molar-refractivity contribution in [2.24, 2.45) is 0 Å². The van der Waals surface area contributed by atoms with Gasteiger partial charge in [0.25, 0.3) is 5.91 Å². The van der Waals surface area contributed by atoms with E-state index in [9.17, 15) is 9.59 Å². The molecule has 2 aromatic rings. The summed E-state index contributed by atoms with van der Waals surface area (Å²) in [4.78, 5) is 28.9. The van der Waals surface area contributed by atoms with Crippen LogP contribution in [0.1, 0.15) is 41.7 Å². The van der Waals surface area contributed by atoms with E-state index >= 15 is 0 Å². The zero-order valence-electron chi connectivity index (χ0n) is 17.2. The van der Waals surface area contributed by atoms with Gasteiger partial charge in [0.15, 0.2) is 11.5 Å². The van der Waals surface area contributed by atoms with Crippen LogP contribution < -0.4 is 0 Å². The number of nitrogens with zero attached hydrogens (tertiary/aromatic N) is 3. The number of hydrogen-bond acceptors (Lipinski definition) is 5. The Kier molecular flexibility index (Phi) is 7.41. The third-order valence-corrected chi connectivity index (χ3v) is 5.22. The summed E-state index contributed by atoms with van der Waals surface area (Å²) in [6.07, 6.45) is 3.59. The van der Waals surface area contributed by atoms with Crippen molar-refractivity contribution in [3.8, 4) is 11.3 Å². The monoisotopic (exact) mass is 399 g/mol. The SMILES string of the molecule is COCCN(CCC(=O)N1CCCCC1)C(=O)c1cc(-c2ccc(C)cc2)on1. The van der Waals surface area contributed by atoms with Crippen molar-refractivity contribution in [1.29, 1.82) is 0 Å². The Hall–Kier alpha value is -2.67. The minimum atomic E-state index is -0.254. The smallest absolute Gasteiger partial charge is 0.276 e. The fourth-order valence-electron chi connectivity index (χ4n) is 3.44. The number of methoxy groups -OCH3 is 1. The lowest BCUT2D eigenvalue weighted by Crippen LogP contribution is -2.40.